The molecule has 0 amide bonds. The monoisotopic (exact) mass is 189 g/mol. The van der Waals surface area contributed by atoms with E-state index in [1.165, 1.54) is 25.7 Å². The fraction of sp³-hybridized carbons (Fsp3) is 0.538. The normalized spacial score (nSPS) is 21.4. The molecule has 76 valence electrons. The van der Waals surface area contributed by atoms with Crippen molar-refractivity contribution in [3.63, 3.8) is 0 Å². The van der Waals surface area contributed by atoms with Gasteiger partial charge in [0.2, 0.25) is 0 Å². The van der Waals surface area contributed by atoms with Gasteiger partial charge in [-0.3, -0.25) is 0 Å². The predicted molar refractivity (Wildman–Crippen MR) is 60.4 cm³/mol. The van der Waals surface area contributed by atoms with E-state index < -0.39 is 0 Å². The largest absolute Gasteiger partial charge is 0.330 e. The molecule has 0 heterocycles. The van der Waals surface area contributed by atoms with Gasteiger partial charge in [0.1, 0.15) is 0 Å². The summed E-state index contributed by atoms with van der Waals surface area (Å²) in [5.41, 5.74) is 8.79. The molecule has 0 fully saturated rings. The Bertz CT molecular complexity index is 293. The molecule has 0 aromatic heterocycles. The van der Waals surface area contributed by atoms with Gasteiger partial charge in [0.15, 0.2) is 0 Å². The summed E-state index contributed by atoms with van der Waals surface area (Å²) in [6.07, 6.45) is 6.44. The Morgan fingerprint density at radius 3 is 2.93 bits per heavy atom. The average Bonchev–Trinajstić information content (AvgIpc) is 2.42. The third-order valence-corrected chi connectivity index (χ3v) is 3.26. The van der Waals surface area contributed by atoms with Crippen LogP contribution in [0.1, 0.15) is 42.7 Å². The second-order valence-electron chi connectivity index (χ2n) is 4.22. The van der Waals surface area contributed by atoms with Gasteiger partial charge in [-0.2, -0.15) is 0 Å². The zero-order valence-corrected chi connectivity index (χ0v) is 8.71. The van der Waals surface area contributed by atoms with Crippen LogP contribution in [0.25, 0.3) is 0 Å². The molecule has 1 atom stereocenters. The lowest BCUT2D eigenvalue weighted by molar-refractivity contribution is 0.564. The first-order valence-corrected chi connectivity index (χ1v) is 5.69. The van der Waals surface area contributed by atoms with Crippen molar-refractivity contribution in [1.29, 1.82) is 0 Å². The number of fused-ring (bicyclic) bond motifs is 1. The fourth-order valence-corrected chi connectivity index (χ4v) is 2.52. The number of hydrogen-bond donors (Lipinski definition) is 1. The third kappa shape index (κ3) is 1.98. The molecule has 1 aromatic carbocycles. The van der Waals surface area contributed by atoms with Gasteiger partial charge in [0.05, 0.1) is 0 Å². The Morgan fingerprint density at radius 1 is 1.21 bits per heavy atom. The lowest BCUT2D eigenvalue weighted by Crippen LogP contribution is -2.07. The van der Waals surface area contributed by atoms with Crippen molar-refractivity contribution < 1.29 is 0 Å². The van der Waals surface area contributed by atoms with Gasteiger partial charge in [-0.1, -0.05) is 30.7 Å². The van der Waals surface area contributed by atoms with E-state index in [2.05, 4.69) is 24.3 Å². The maximum atomic E-state index is 5.67. The van der Waals surface area contributed by atoms with Gasteiger partial charge >= 0.3 is 0 Å². The summed E-state index contributed by atoms with van der Waals surface area (Å²) < 4.78 is 0. The van der Waals surface area contributed by atoms with Crippen LogP contribution in [0.4, 0.5) is 0 Å². The minimum Gasteiger partial charge on any atom is -0.330 e. The summed E-state index contributed by atoms with van der Waals surface area (Å²) in [5.74, 6) is 0.721. The van der Waals surface area contributed by atoms with Crippen molar-refractivity contribution in [1.82, 2.24) is 0 Å². The predicted octanol–water partition coefficient (Wildman–Crippen LogP) is 2.85. The van der Waals surface area contributed by atoms with E-state index >= 15 is 0 Å². The first kappa shape index (κ1) is 9.72. The number of benzene rings is 1. The Balaban J connectivity index is 2.27. The van der Waals surface area contributed by atoms with Crippen molar-refractivity contribution >= 4 is 0 Å². The molecule has 1 aliphatic carbocycles. The van der Waals surface area contributed by atoms with Gasteiger partial charge in [0, 0.05) is 0 Å². The van der Waals surface area contributed by atoms with E-state index in [-0.39, 0.29) is 0 Å². The zero-order valence-electron chi connectivity index (χ0n) is 8.71. The van der Waals surface area contributed by atoms with Crippen molar-refractivity contribution in [2.24, 2.45) is 5.73 Å². The van der Waals surface area contributed by atoms with E-state index in [1.54, 1.807) is 11.1 Å². The van der Waals surface area contributed by atoms with Gasteiger partial charge in [-0.15, -0.1) is 0 Å². The van der Waals surface area contributed by atoms with E-state index in [0.717, 1.165) is 18.9 Å². The number of nitrogens with two attached hydrogens (primary N) is 1. The van der Waals surface area contributed by atoms with E-state index in [9.17, 15) is 0 Å². The lowest BCUT2D eigenvalue weighted by atomic mass is 9.90. The molecule has 1 aromatic rings. The highest BCUT2D eigenvalue weighted by Crippen LogP contribution is 2.32. The van der Waals surface area contributed by atoms with E-state index in [4.69, 9.17) is 5.73 Å². The van der Waals surface area contributed by atoms with E-state index in [1.807, 2.05) is 0 Å². The Morgan fingerprint density at radius 2 is 2.07 bits per heavy atom. The van der Waals surface area contributed by atoms with Crippen LogP contribution in [0, 0.1) is 0 Å². The molecule has 1 nitrogen and oxygen atoms in total. The quantitative estimate of drug-likeness (QED) is 0.711. The highest BCUT2D eigenvalue weighted by atomic mass is 14.5. The minimum atomic E-state index is 0.721. The summed E-state index contributed by atoms with van der Waals surface area (Å²) in [5, 5.41) is 0. The van der Waals surface area contributed by atoms with Crippen molar-refractivity contribution in [2.45, 2.75) is 38.0 Å². The van der Waals surface area contributed by atoms with Crippen molar-refractivity contribution in [2.75, 3.05) is 6.54 Å². The summed E-state index contributed by atoms with van der Waals surface area (Å²) in [6.45, 7) is 0.818. The molecule has 0 bridgehead atoms. The summed E-state index contributed by atoms with van der Waals surface area (Å²) in [4.78, 5) is 0. The number of aryl methyl sites for hydroxylation is 1. The van der Waals surface area contributed by atoms with Crippen LogP contribution in [0.15, 0.2) is 24.3 Å². The third-order valence-electron chi connectivity index (χ3n) is 3.26. The smallest absolute Gasteiger partial charge is 0.00714 e. The molecule has 0 spiro atoms. The molecule has 2 rings (SSSR count). The van der Waals surface area contributed by atoms with E-state index in [0.29, 0.717) is 0 Å². The first-order valence-electron chi connectivity index (χ1n) is 5.69. The highest BCUT2D eigenvalue weighted by Gasteiger charge is 2.16. The minimum absolute atomic E-state index is 0.721. The summed E-state index contributed by atoms with van der Waals surface area (Å²) in [6, 6.07) is 8.89. The molecule has 0 aliphatic heterocycles. The van der Waals surface area contributed by atoms with Gasteiger partial charge < -0.3 is 5.73 Å². The second-order valence-corrected chi connectivity index (χ2v) is 4.22. The van der Waals surface area contributed by atoms with Crippen LogP contribution in [-0.2, 0) is 6.42 Å². The highest BCUT2D eigenvalue weighted by molar-refractivity contribution is 5.31. The first-order chi connectivity index (χ1) is 6.92. The van der Waals surface area contributed by atoms with Crippen molar-refractivity contribution in [3.8, 4) is 0 Å². The van der Waals surface area contributed by atoms with Gasteiger partial charge in [-0.25, -0.2) is 0 Å². The Hall–Kier alpha value is -0.820. The SMILES string of the molecule is NCCC1CCCCc2ccccc21. The molecule has 0 saturated carbocycles. The van der Waals surface area contributed by atoms with Crippen molar-refractivity contribution in [3.05, 3.63) is 35.4 Å². The Labute approximate surface area is 86.3 Å². The molecule has 2 N–H and O–H groups in total. The summed E-state index contributed by atoms with van der Waals surface area (Å²) >= 11 is 0. The number of hydrogen-bond acceptors (Lipinski definition) is 1. The average molecular weight is 189 g/mol. The van der Waals surface area contributed by atoms with Crippen LogP contribution < -0.4 is 5.73 Å². The molecule has 0 radical (unpaired) electrons. The molecule has 0 saturated heterocycles. The topological polar surface area (TPSA) is 26.0 Å². The summed E-state index contributed by atoms with van der Waals surface area (Å²) in [7, 11) is 0. The van der Waals surface area contributed by atoms with Crippen LogP contribution in [0.5, 0.6) is 0 Å². The van der Waals surface area contributed by atoms with Gasteiger partial charge in [-0.05, 0) is 49.3 Å². The Kier molecular flexibility index (Phi) is 3.20. The maximum Gasteiger partial charge on any atom is -0.00714 e. The maximum absolute atomic E-state index is 5.67. The molecule has 14 heavy (non-hydrogen) atoms. The van der Waals surface area contributed by atoms with Crippen LogP contribution >= 0.6 is 0 Å². The van der Waals surface area contributed by atoms with Crippen LogP contribution in [0.2, 0.25) is 0 Å². The lowest BCUT2D eigenvalue weighted by Gasteiger charge is -2.16. The van der Waals surface area contributed by atoms with Crippen LogP contribution in [-0.4, -0.2) is 6.54 Å². The molecule has 1 heteroatoms. The molecular weight excluding hydrogens is 170 g/mol. The molecular formula is C13H19N. The van der Waals surface area contributed by atoms with Gasteiger partial charge in [0.25, 0.3) is 0 Å². The second kappa shape index (κ2) is 4.61. The van der Waals surface area contributed by atoms with Crippen LogP contribution in [0.3, 0.4) is 0 Å². The zero-order chi connectivity index (χ0) is 9.80. The fourth-order valence-electron chi connectivity index (χ4n) is 2.52. The standard InChI is InChI=1S/C13H19N/c14-10-9-12-7-2-1-5-11-6-3-4-8-13(11)12/h3-4,6,8,12H,1-2,5,7,9-10,14H2. The molecule has 1 aliphatic rings. The molecule has 1 unspecified atom stereocenters. The number of rotatable bonds is 2.